The van der Waals surface area contributed by atoms with E-state index in [1.165, 1.54) is 12.1 Å². The van der Waals surface area contributed by atoms with Crippen molar-refractivity contribution in [1.29, 1.82) is 0 Å². The van der Waals surface area contributed by atoms with Gasteiger partial charge < -0.3 is 15.6 Å². The average Bonchev–Trinajstić information content (AvgIpc) is 2.42. The molecule has 3 nitrogen and oxygen atoms in total. The molecule has 3 N–H and O–H groups in total. The van der Waals surface area contributed by atoms with Crippen LogP contribution in [-0.4, -0.2) is 5.11 Å². The topological polar surface area (TPSA) is 55.5 Å². The average molecular weight is 338 g/mol. The highest BCUT2D eigenvalue weighted by atomic mass is 79.9. The number of fused-ring (bicyclic) bond motifs is 1. The molecule has 0 fully saturated rings. The van der Waals surface area contributed by atoms with Crippen LogP contribution in [0.15, 0.2) is 40.9 Å². The van der Waals surface area contributed by atoms with Gasteiger partial charge in [-0.05, 0) is 35.9 Å². The lowest BCUT2D eigenvalue weighted by Crippen LogP contribution is -2.24. The summed E-state index contributed by atoms with van der Waals surface area (Å²) in [4.78, 5) is 0. The van der Waals surface area contributed by atoms with Gasteiger partial charge in [-0.2, -0.15) is 0 Å². The van der Waals surface area contributed by atoms with Crippen molar-refractivity contribution in [3.63, 3.8) is 0 Å². The van der Waals surface area contributed by atoms with Crippen molar-refractivity contribution in [2.45, 2.75) is 18.6 Å². The summed E-state index contributed by atoms with van der Waals surface area (Å²) < 4.78 is 20.3. The monoisotopic (exact) mass is 337 g/mol. The van der Waals surface area contributed by atoms with Crippen LogP contribution in [0.4, 0.5) is 4.39 Å². The Kier molecular flexibility index (Phi) is 3.40. The van der Waals surface area contributed by atoms with Gasteiger partial charge in [0.05, 0.1) is 0 Å². The summed E-state index contributed by atoms with van der Waals surface area (Å²) in [6, 6.07) is 9.77. The lowest BCUT2D eigenvalue weighted by Gasteiger charge is -2.30. The lowest BCUT2D eigenvalue weighted by atomic mass is 9.93. The van der Waals surface area contributed by atoms with E-state index in [1.54, 1.807) is 6.07 Å². The third-order valence-electron chi connectivity index (χ3n) is 3.45. The van der Waals surface area contributed by atoms with Gasteiger partial charge in [0.2, 0.25) is 0 Å². The first-order chi connectivity index (χ1) is 9.54. The molecule has 20 heavy (non-hydrogen) atoms. The smallest absolute Gasteiger partial charge is 0.165 e. The standard InChI is InChI=1S/C15H13BrFNO2/c16-9-2-4-14-10(6-9)12(18)7-15(20-14)8-1-3-13(19)11(17)5-8/h1-6,12,15,19H,7,18H2/t12-,15?/m1/s1. The second-order valence-electron chi connectivity index (χ2n) is 4.84. The van der Waals surface area contributed by atoms with Crippen LogP contribution in [-0.2, 0) is 0 Å². The van der Waals surface area contributed by atoms with Crippen LogP contribution in [0, 0.1) is 5.82 Å². The molecule has 1 unspecified atom stereocenters. The van der Waals surface area contributed by atoms with Gasteiger partial charge in [0.1, 0.15) is 11.9 Å². The van der Waals surface area contributed by atoms with E-state index in [2.05, 4.69) is 15.9 Å². The highest BCUT2D eigenvalue weighted by Gasteiger charge is 2.27. The maximum absolute atomic E-state index is 13.4. The second kappa shape index (κ2) is 5.07. The Morgan fingerprint density at radius 1 is 1.25 bits per heavy atom. The molecule has 2 aromatic carbocycles. The predicted octanol–water partition coefficient (Wildman–Crippen LogP) is 3.82. The Labute approximate surface area is 124 Å². The van der Waals surface area contributed by atoms with E-state index in [1.807, 2.05) is 18.2 Å². The molecule has 0 saturated carbocycles. The SMILES string of the molecule is N[C@@H]1CC(c2ccc(O)c(F)c2)Oc2ccc(Br)cc21. The van der Waals surface area contributed by atoms with Crippen LogP contribution in [0.3, 0.4) is 0 Å². The van der Waals surface area contributed by atoms with Gasteiger partial charge in [0, 0.05) is 22.5 Å². The summed E-state index contributed by atoms with van der Waals surface area (Å²) >= 11 is 3.41. The maximum atomic E-state index is 13.4. The zero-order chi connectivity index (χ0) is 14.3. The second-order valence-corrected chi connectivity index (χ2v) is 5.76. The summed E-state index contributed by atoms with van der Waals surface area (Å²) in [5.41, 5.74) is 7.78. The summed E-state index contributed by atoms with van der Waals surface area (Å²) in [5, 5.41) is 9.24. The molecule has 1 aliphatic heterocycles. The number of nitrogens with two attached hydrogens (primary N) is 1. The van der Waals surface area contributed by atoms with Crippen LogP contribution < -0.4 is 10.5 Å². The van der Waals surface area contributed by atoms with E-state index in [9.17, 15) is 9.50 Å². The number of hydrogen-bond acceptors (Lipinski definition) is 3. The van der Waals surface area contributed by atoms with Crippen molar-refractivity contribution in [1.82, 2.24) is 0 Å². The highest BCUT2D eigenvalue weighted by molar-refractivity contribution is 9.10. The molecule has 1 heterocycles. The van der Waals surface area contributed by atoms with E-state index < -0.39 is 5.82 Å². The molecule has 0 saturated heterocycles. The van der Waals surface area contributed by atoms with Gasteiger partial charge >= 0.3 is 0 Å². The van der Waals surface area contributed by atoms with Gasteiger partial charge in [0.25, 0.3) is 0 Å². The zero-order valence-electron chi connectivity index (χ0n) is 10.5. The van der Waals surface area contributed by atoms with E-state index in [-0.39, 0.29) is 17.9 Å². The van der Waals surface area contributed by atoms with Crippen LogP contribution >= 0.6 is 15.9 Å². The summed E-state index contributed by atoms with van der Waals surface area (Å²) in [7, 11) is 0. The van der Waals surface area contributed by atoms with Crippen LogP contribution in [0.1, 0.15) is 29.7 Å². The summed E-state index contributed by atoms with van der Waals surface area (Å²) in [6.07, 6.45) is 0.252. The molecule has 2 aromatic rings. The third kappa shape index (κ3) is 2.39. The maximum Gasteiger partial charge on any atom is 0.165 e. The third-order valence-corrected chi connectivity index (χ3v) is 3.95. The number of ether oxygens (including phenoxy) is 1. The van der Waals surface area contributed by atoms with Gasteiger partial charge in [-0.1, -0.05) is 22.0 Å². The Morgan fingerprint density at radius 2 is 2.05 bits per heavy atom. The molecular weight excluding hydrogens is 325 g/mol. The number of phenolic OH excluding ortho intramolecular Hbond substituents is 1. The Hall–Kier alpha value is -1.59. The zero-order valence-corrected chi connectivity index (χ0v) is 12.1. The number of hydrogen-bond donors (Lipinski definition) is 2. The quantitative estimate of drug-likeness (QED) is 0.831. The van der Waals surface area contributed by atoms with Crippen LogP contribution in [0.5, 0.6) is 11.5 Å². The van der Waals surface area contributed by atoms with Crippen molar-refractivity contribution in [2.24, 2.45) is 5.73 Å². The predicted molar refractivity (Wildman–Crippen MR) is 77.1 cm³/mol. The van der Waals surface area contributed by atoms with E-state index in [4.69, 9.17) is 10.5 Å². The van der Waals surface area contributed by atoms with Crippen molar-refractivity contribution in [3.05, 3.63) is 57.8 Å². The minimum atomic E-state index is -0.652. The number of benzene rings is 2. The first-order valence-corrected chi connectivity index (χ1v) is 7.04. The number of aromatic hydroxyl groups is 1. The fraction of sp³-hybridized carbons (Fsp3) is 0.200. The fourth-order valence-electron chi connectivity index (χ4n) is 2.40. The van der Waals surface area contributed by atoms with Crippen molar-refractivity contribution < 1.29 is 14.2 Å². The van der Waals surface area contributed by atoms with E-state index >= 15 is 0 Å². The number of rotatable bonds is 1. The molecule has 0 aliphatic carbocycles. The first kappa shape index (κ1) is 13.4. The lowest BCUT2D eigenvalue weighted by molar-refractivity contribution is 0.161. The molecular formula is C15H13BrFNO2. The molecule has 1 aliphatic rings. The van der Waals surface area contributed by atoms with Crippen LogP contribution in [0.25, 0.3) is 0 Å². The Balaban J connectivity index is 1.94. The summed E-state index contributed by atoms with van der Waals surface area (Å²) in [6.45, 7) is 0. The van der Waals surface area contributed by atoms with Gasteiger partial charge in [-0.15, -0.1) is 0 Å². The minimum absolute atomic E-state index is 0.168. The van der Waals surface area contributed by atoms with Crippen molar-refractivity contribution >= 4 is 15.9 Å². The molecule has 104 valence electrons. The van der Waals surface area contributed by atoms with Crippen molar-refractivity contribution in [2.75, 3.05) is 0 Å². The normalized spacial score (nSPS) is 21.1. The molecule has 0 bridgehead atoms. The van der Waals surface area contributed by atoms with E-state index in [0.717, 1.165) is 10.0 Å². The molecule has 0 aromatic heterocycles. The van der Waals surface area contributed by atoms with E-state index in [0.29, 0.717) is 17.7 Å². The first-order valence-electron chi connectivity index (χ1n) is 6.24. The molecule has 5 heteroatoms. The number of phenols is 1. The van der Waals surface area contributed by atoms with Crippen LogP contribution in [0.2, 0.25) is 0 Å². The molecule has 0 radical (unpaired) electrons. The largest absolute Gasteiger partial charge is 0.505 e. The Morgan fingerprint density at radius 3 is 2.80 bits per heavy atom. The highest BCUT2D eigenvalue weighted by Crippen LogP contribution is 2.41. The number of halogens is 2. The molecule has 2 atom stereocenters. The van der Waals surface area contributed by atoms with Gasteiger partial charge in [0.15, 0.2) is 11.6 Å². The Bertz CT molecular complexity index is 662. The molecule has 0 spiro atoms. The fourth-order valence-corrected chi connectivity index (χ4v) is 2.78. The summed E-state index contributed by atoms with van der Waals surface area (Å²) in [5.74, 6) is -0.301. The molecule has 3 rings (SSSR count). The van der Waals surface area contributed by atoms with Gasteiger partial charge in [-0.25, -0.2) is 4.39 Å². The minimum Gasteiger partial charge on any atom is -0.505 e. The molecule has 0 amide bonds. The van der Waals surface area contributed by atoms with Crippen molar-refractivity contribution in [3.8, 4) is 11.5 Å². The van der Waals surface area contributed by atoms with Gasteiger partial charge in [-0.3, -0.25) is 0 Å².